The van der Waals surface area contributed by atoms with Gasteiger partial charge in [0.2, 0.25) is 0 Å². The van der Waals surface area contributed by atoms with Crippen LogP contribution in [-0.4, -0.2) is 10.9 Å². The molecular formula is C14H10Cl2N2OS. The third kappa shape index (κ3) is 4.20. The van der Waals surface area contributed by atoms with Gasteiger partial charge in [-0.15, -0.1) is 0 Å². The molecule has 0 aromatic heterocycles. The van der Waals surface area contributed by atoms with E-state index in [0.29, 0.717) is 21.4 Å². The first kappa shape index (κ1) is 14.8. The van der Waals surface area contributed by atoms with Crippen LogP contribution in [0.25, 0.3) is 0 Å². The summed E-state index contributed by atoms with van der Waals surface area (Å²) in [5.74, 6) is -0.391. The Balaban J connectivity index is 1.96. The van der Waals surface area contributed by atoms with Crippen LogP contribution in [0.1, 0.15) is 0 Å². The minimum atomic E-state index is -0.391. The second-order valence-corrected chi connectivity index (χ2v) is 5.20. The van der Waals surface area contributed by atoms with Crippen LogP contribution < -0.4 is 10.6 Å². The Kier molecular flexibility index (Phi) is 4.95. The van der Waals surface area contributed by atoms with E-state index in [-0.39, 0.29) is 4.99 Å². The minimum Gasteiger partial charge on any atom is -0.342 e. The van der Waals surface area contributed by atoms with E-state index in [1.54, 1.807) is 48.5 Å². The summed E-state index contributed by atoms with van der Waals surface area (Å²) in [6.07, 6.45) is 0. The third-order valence-corrected chi connectivity index (χ3v) is 3.20. The van der Waals surface area contributed by atoms with Crippen molar-refractivity contribution in [3.8, 4) is 0 Å². The monoisotopic (exact) mass is 324 g/mol. The summed E-state index contributed by atoms with van der Waals surface area (Å²) in [7, 11) is 0. The van der Waals surface area contributed by atoms with Gasteiger partial charge in [0.1, 0.15) is 0 Å². The molecule has 0 unspecified atom stereocenters. The highest BCUT2D eigenvalue weighted by molar-refractivity contribution is 7.82. The highest BCUT2D eigenvalue weighted by Gasteiger charge is 2.09. The lowest BCUT2D eigenvalue weighted by atomic mass is 10.3. The molecule has 2 aromatic carbocycles. The van der Waals surface area contributed by atoms with Crippen molar-refractivity contribution >= 4 is 57.7 Å². The van der Waals surface area contributed by atoms with Gasteiger partial charge in [0.25, 0.3) is 5.91 Å². The van der Waals surface area contributed by atoms with Gasteiger partial charge in [-0.1, -0.05) is 35.4 Å². The Morgan fingerprint density at radius 2 is 1.20 bits per heavy atom. The van der Waals surface area contributed by atoms with Crippen LogP contribution in [0.15, 0.2) is 48.5 Å². The average Bonchev–Trinajstić information content (AvgIpc) is 2.44. The Morgan fingerprint density at radius 3 is 1.65 bits per heavy atom. The smallest absolute Gasteiger partial charge is 0.283 e. The van der Waals surface area contributed by atoms with Crippen molar-refractivity contribution in [3.05, 3.63) is 58.6 Å². The largest absolute Gasteiger partial charge is 0.342 e. The molecule has 20 heavy (non-hydrogen) atoms. The van der Waals surface area contributed by atoms with Gasteiger partial charge in [0, 0.05) is 21.4 Å². The number of anilines is 2. The predicted molar refractivity (Wildman–Crippen MR) is 87.8 cm³/mol. The Hall–Kier alpha value is -1.62. The molecule has 0 saturated heterocycles. The molecule has 0 fully saturated rings. The van der Waals surface area contributed by atoms with Crippen LogP contribution in [0, 0.1) is 0 Å². The quantitative estimate of drug-likeness (QED) is 0.806. The molecule has 102 valence electrons. The lowest BCUT2D eigenvalue weighted by molar-refractivity contribution is -0.110. The van der Waals surface area contributed by atoms with E-state index < -0.39 is 5.91 Å². The Morgan fingerprint density at radius 1 is 0.800 bits per heavy atom. The van der Waals surface area contributed by atoms with E-state index in [4.69, 9.17) is 35.4 Å². The number of nitrogens with one attached hydrogen (secondary N) is 2. The van der Waals surface area contributed by atoms with Crippen molar-refractivity contribution in [2.75, 3.05) is 10.6 Å². The minimum absolute atomic E-state index is 0.0715. The molecule has 3 nitrogen and oxygen atoms in total. The van der Waals surface area contributed by atoms with Gasteiger partial charge in [-0.25, -0.2) is 0 Å². The number of hydrogen-bond donors (Lipinski definition) is 2. The van der Waals surface area contributed by atoms with Gasteiger partial charge < -0.3 is 10.6 Å². The SMILES string of the molecule is O=C(Nc1ccc(Cl)cc1)C(=S)Nc1ccc(Cl)cc1. The normalized spacial score (nSPS) is 9.90. The fourth-order valence-corrected chi connectivity index (χ4v) is 1.86. The summed E-state index contributed by atoms with van der Waals surface area (Å²) in [5.41, 5.74) is 1.32. The van der Waals surface area contributed by atoms with Gasteiger partial charge >= 0.3 is 0 Å². The van der Waals surface area contributed by atoms with E-state index in [9.17, 15) is 4.79 Å². The number of benzene rings is 2. The lowest BCUT2D eigenvalue weighted by Crippen LogP contribution is -2.27. The first-order valence-corrected chi connectivity index (χ1v) is 6.84. The van der Waals surface area contributed by atoms with Crippen LogP contribution in [0.2, 0.25) is 10.0 Å². The molecule has 0 bridgehead atoms. The zero-order valence-corrected chi connectivity index (χ0v) is 12.5. The Bertz CT molecular complexity index is 569. The van der Waals surface area contributed by atoms with Gasteiger partial charge in [0.15, 0.2) is 4.99 Å². The maximum absolute atomic E-state index is 11.9. The molecule has 0 spiro atoms. The fourth-order valence-electron chi connectivity index (χ4n) is 1.44. The van der Waals surface area contributed by atoms with Gasteiger partial charge in [-0.05, 0) is 48.5 Å². The van der Waals surface area contributed by atoms with Crippen molar-refractivity contribution in [1.29, 1.82) is 0 Å². The molecule has 1 amide bonds. The maximum Gasteiger partial charge on any atom is 0.283 e. The molecule has 6 heteroatoms. The first-order valence-electron chi connectivity index (χ1n) is 5.68. The molecule has 2 N–H and O–H groups in total. The van der Waals surface area contributed by atoms with Crippen molar-refractivity contribution in [1.82, 2.24) is 0 Å². The molecule has 2 rings (SSSR count). The number of carbonyl (C=O) groups is 1. The van der Waals surface area contributed by atoms with E-state index >= 15 is 0 Å². The van der Waals surface area contributed by atoms with Crippen molar-refractivity contribution in [3.63, 3.8) is 0 Å². The molecule has 0 saturated carbocycles. The van der Waals surface area contributed by atoms with Crippen molar-refractivity contribution in [2.45, 2.75) is 0 Å². The summed E-state index contributed by atoms with van der Waals surface area (Å²) < 4.78 is 0. The van der Waals surface area contributed by atoms with Gasteiger partial charge in [-0.3, -0.25) is 4.79 Å². The lowest BCUT2D eigenvalue weighted by Gasteiger charge is -2.09. The highest BCUT2D eigenvalue weighted by Crippen LogP contribution is 2.15. The summed E-state index contributed by atoms with van der Waals surface area (Å²) in [5, 5.41) is 6.73. The van der Waals surface area contributed by atoms with Crippen molar-refractivity contribution in [2.24, 2.45) is 0 Å². The molecule has 2 aromatic rings. The van der Waals surface area contributed by atoms with Crippen LogP contribution >= 0.6 is 35.4 Å². The number of amides is 1. The summed E-state index contributed by atoms with van der Waals surface area (Å²) >= 11 is 16.6. The van der Waals surface area contributed by atoms with Gasteiger partial charge in [-0.2, -0.15) is 0 Å². The van der Waals surface area contributed by atoms with Crippen molar-refractivity contribution < 1.29 is 4.79 Å². The molecule has 0 heterocycles. The number of hydrogen-bond acceptors (Lipinski definition) is 2. The van der Waals surface area contributed by atoms with E-state index in [2.05, 4.69) is 10.6 Å². The second-order valence-electron chi connectivity index (χ2n) is 3.92. The highest BCUT2D eigenvalue weighted by atomic mass is 35.5. The molecule has 0 atom stereocenters. The van der Waals surface area contributed by atoms with Crippen LogP contribution in [0.5, 0.6) is 0 Å². The topological polar surface area (TPSA) is 41.1 Å². The third-order valence-electron chi connectivity index (χ3n) is 2.41. The van der Waals surface area contributed by atoms with Crippen LogP contribution in [0.4, 0.5) is 11.4 Å². The maximum atomic E-state index is 11.9. The number of carbonyl (C=O) groups excluding carboxylic acids is 1. The zero-order valence-electron chi connectivity index (χ0n) is 10.2. The number of rotatable bonds is 2. The predicted octanol–water partition coefficient (Wildman–Crippen LogP) is 4.37. The number of thiocarbonyl (C=S) groups is 1. The van der Waals surface area contributed by atoms with E-state index in [0.717, 1.165) is 0 Å². The standard InChI is InChI=1S/C14H10Cl2N2OS/c15-9-1-5-11(6-2-9)17-13(19)14(20)18-12-7-3-10(16)4-8-12/h1-8H,(H,17,19)(H,18,20). The van der Waals surface area contributed by atoms with Gasteiger partial charge in [0.05, 0.1) is 0 Å². The summed E-state index contributed by atoms with van der Waals surface area (Å²) in [6.45, 7) is 0. The second kappa shape index (κ2) is 6.70. The van der Waals surface area contributed by atoms with E-state index in [1.807, 2.05) is 0 Å². The Labute approximate surface area is 131 Å². The first-order chi connectivity index (χ1) is 9.54. The van der Waals surface area contributed by atoms with Crippen LogP contribution in [0.3, 0.4) is 0 Å². The fraction of sp³-hybridized carbons (Fsp3) is 0. The average molecular weight is 325 g/mol. The number of halogens is 2. The van der Waals surface area contributed by atoms with Crippen LogP contribution in [-0.2, 0) is 4.79 Å². The molecule has 0 aliphatic heterocycles. The summed E-state index contributed by atoms with van der Waals surface area (Å²) in [4.78, 5) is 12.0. The zero-order chi connectivity index (χ0) is 14.5. The molecular weight excluding hydrogens is 315 g/mol. The summed E-state index contributed by atoms with van der Waals surface area (Å²) in [6, 6.07) is 13.7. The molecule has 0 radical (unpaired) electrons. The molecule has 0 aliphatic carbocycles. The van der Waals surface area contributed by atoms with E-state index in [1.165, 1.54) is 0 Å². The molecule has 0 aliphatic rings.